The second-order valence-electron chi connectivity index (χ2n) is 7.84. The molecule has 0 bridgehead atoms. The van der Waals surface area contributed by atoms with Crippen LogP contribution in [0, 0.1) is 0 Å². The molecule has 5 nitrogen and oxygen atoms in total. The largest absolute Gasteiger partial charge is 0.488 e. The van der Waals surface area contributed by atoms with Gasteiger partial charge in [0.2, 0.25) is 5.91 Å². The van der Waals surface area contributed by atoms with E-state index in [-0.39, 0.29) is 5.91 Å². The van der Waals surface area contributed by atoms with Crippen LogP contribution in [0.5, 0.6) is 5.75 Å². The molecule has 0 unspecified atom stereocenters. The molecule has 2 aromatic heterocycles. The minimum absolute atomic E-state index is 0.145. The van der Waals surface area contributed by atoms with Crippen LogP contribution in [-0.2, 0) is 17.8 Å². The van der Waals surface area contributed by atoms with Gasteiger partial charge in [-0.1, -0.05) is 29.3 Å². The molecule has 2 aliphatic rings. The van der Waals surface area contributed by atoms with Crippen LogP contribution in [0.1, 0.15) is 35.2 Å². The Hall–Kier alpha value is -3.18. The molecular formula is C25H22ClN3O2. The van der Waals surface area contributed by atoms with Gasteiger partial charge >= 0.3 is 0 Å². The topological polar surface area (TPSA) is 55.3 Å². The van der Waals surface area contributed by atoms with Crippen molar-refractivity contribution in [2.45, 2.75) is 25.9 Å². The SMILES string of the molecule is O=C(Cc1cccnc1)N1CCC(=C2c3ccc(Cl)cc3OCc3cccnc32)CC1. The Morgan fingerprint density at radius 1 is 1.10 bits per heavy atom. The van der Waals surface area contributed by atoms with Gasteiger partial charge in [0.05, 0.1) is 12.1 Å². The van der Waals surface area contributed by atoms with E-state index in [1.165, 1.54) is 5.57 Å². The number of piperidine rings is 1. The molecule has 1 fully saturated rings. The zero-order chi connectivity index (χ0) is 21.2. The molecule has 0 N–H and O–H groups in total. The number of carbonyl (C=O) groups excluding carboxylic acids is 1. The van der Waals surface area contributed by atoms with E-state index in [2.05, 4.69) is 11.1 Å². The molecule has 3 aromatic rings. The van der Waals surface area contributed by atoms with E-state index >= 15 is 0 Å². The standard InChI is InChI=1S/C25H22ClN3O2/c26-20-5-6-21-22(14-20)31-16-19-4-2-10-28-25(19)24(21)18-7-11-29(12-8-18)23(30)13-17-3-1-9-27-15-17/h1-6,9-10,14-15H,7-8,11-13,16H2. The molecule has 0 aliphatic carbocycles. The first-order valence-corrected chi connectivity index (χ1v) is 10.8. The summed E-state index contributed by atoms with van der Waals surface area (Å²) in [6.45, 7) is 1.86. The predicted molar refractivity (Wildman–Crippen MR) is 120 cm³/mol. The van der Waals surface area contributed by atoms with E-state index in [9.17, 15) is 4.79 Å². The van der Waals surface area contributed by atoms with Gasteiger partial charge in [0, 0.05) is 53.4 Å². The summed E-state index contributed by atoms with van der Waals surface area (Å²) in [7, 11) is 0. The number of halogens is 1. The van der Waals surface area contributed by atoms with Gasteiger partial charge in [-0.25, -0.2) is 0 Å². The number of pyridine rings is 2. The predicted octanol–water partition coefficient (Wildman–Crippen LogP) is 4.69. The summed E-state index contributed by atoms with van der Waals surface area (Å²) in [5, 5.41) is 0.651. The van der Waals surface area contributed by atoms with Gasteiger partial charge in [0.25, 0.3) is 0 Å². The number of aromatic nitrogens is 2. The van der Waals surface area contributed by atoms with Crippen LogP contribution >= 0.6 is 11.6 Å². The van der Waals surface area contributed by atoms with Crippen molar-refractivity contribution in [1.29, 1.82) is 0 Å². The van der Waals surface area contributed by atoms with Crippen LogP contribution in [0.25, 0.3) is 5.57 Å². The van der Waals surface area contributed by atoms with Gasteiger partial charge in [0.1, 0.15) is 12.4 Å². The second-order valence-corrected chi connectivity index (χ2v) is 8.27. The highest BCUT2D eigenvalue weighted by atomic mass is 35.5. The molecule has 2 aliphatic heterocycles. The van der Waals surface area contributed by atoms with E-state index in [1.807, 2.05) is 47.5 Å². The molecule has 156 valence electrons. The number of hydrogen-bond acceptors (Lipinski definition) is 4. The van der Waals surface area contributed by atoms with Gasteiger partial charge in [-0.15, -0.1) is 0 Å². The Balaban J connectivity index is 1.45. The molecule has 0 spiro atoms. The fraction of sp³-hybridized carbons (Fsp3) is 0.240. The summed E-state index contributed by atoms with van der Waals surface area (Å²) in [5.41, 5.74) is 6.42. The van der Waals surface area contributed by atoms with Crippen molar-refractivity contribution < 1.29 is 9.53 Å². The lowest BCUT2D eigenvalue weighted by molar-refractivity contribution is -0.130. The minimum Gasteiger partial charge on any atom is -0.488 e. The Morgan fingerprint density at radius 3 is 2.74 bits per heavy atom. The van der Waals surface area contributed by atoms with E-state index < -0.39 is 0 Å². The van der Waals surface area contributed by atoms with Crippen LogP contribution in [0.3, 0.4) is 0 Å². The monoisotopic (exact) mass is 431 g/mol. The van der Waals surface area contributed by atoms with Crippen LogP contribution in [0.2, 0.25) is 5.02 Å². The van der Waals surface area contributed by atoms with Crippen molar-refractivity contribution in [2.75, 3.05) is 13.1 Å². The van der Waals surface area contributed by atoms with Crippen molar-refractivity contribution in [1.82, 2.24) is 14.9 Å². The molecule has 31 heavy (non-hydrogen) atoms. The number of likely N-dealkylation sites (tertiary alicyclic amines) is 1. The molecule has 1 saturated heterocycles. The molecule has 0 saturated carbocycles. The number of carbonyl (C=O) groups is 1. The highest BCUT2D eigenvalue weighted by Crippen LogP contribution is 2.41. The number of benzene rings is 1. The maximum Gasteiger partial charge on any atom is 0.227 e. The smallest absolute Gasteiger partial charge is 0.227 e. The van der Waals surface area contributed by atoms with Crippen LogP contribution in [0.15, 0.2) is 66.6 Å². The number of nitrogens with zero attached hydrogens (tertiary/aromatic N) is 3. The summed E-state index contributed by atoms with van der Waals surface area (Å²) in [6, 6.07) is 13.6. The van der Waals surface area contributed by atoms with Crippen molar-refractivity contribution in [3.8, 4) is 5.75 Å². The summed E-state index contributed by atoms with van der Waals surface area (Å²) in [4.78, 5) is 23.5. The average Bonchev–Trinajstić information content (AvgIpc) is 2.96. The first-order chi connectivity index (χ1) is 15.2. The van der Waals surface area contributed by atoms with E-state index in [1.54, 1.807) is 12.4 Å². The zero-order valence-electron chi connectivity index (χ0n) is 17.1. The molecule has 6 heteroatoms. The average molecular weight is 432 g/mol. The number of rotatable bonds is 2. The molecule has 5 rings (SSSR count). The van der Waals surface area contributed by atoms with Crippen LogP contribution in [-0.4, -0.2) is 33.9 Å². The first-order valence-electron chi connectivity index (χ1n) is 10.4. The normalized spacial score (nSPS) is 15.6. The fourth-order valence-electron chi connectivity index (χ4n) is 4.31. The third kappa shape index (κ3) is 4.06. The highest BCUT2D eigenvalue weighted by Gasteiger charge is 2.27. The summed E-state index contributed by atoms with van der Waals surface area (Å²) < 4.78 is 6.07. The lowest BCUT2D eigenvalue weighted by Gasteiger charge is -2.30. The van der Waals surface area contributed by atoms with E-state index in [4.69, 9.17) is 21.3 Å². The maximum atomic E-state index is 12.8. The third-order valence-electron chi connectivity index (χ3n) is 5.88. The van der Waals surface area contributed by atoms with Gasteiger partial charge in [-0.3, -0.25) is 14.8 Å². The van der Waals surface area contributed by atoms with Crippen LogP contribution in [0.4, 0.5) is 0 Å². The third-order valence-corrected chi connectivity index (χ3v) is 6.11. The van der Waals surface area contributed by atoms with Gasteiger partial charge in [-0.05, 0) is 48.7 Å². The Morgan fingerprint density at radius 2 is 1.94 bits per heavy atom. The van der Waals surface area contributed by atoms with Crippen molar-refractivity contribution in [3.63, 3.8) is 0 Å². The minimum atomic E-state index is 0.145. The highest BCUT2D eigenvalue weighted by molar-refractivity contribution is 6.30. The summed E-state index contributed by atoms with van der Waals surface area (Å²) >= 11 is 6.23. The molecule has 4 heterocycles. The van der Waals surface area contributed by atoms with E-state index in [0.29, 0.717) is 31.1 Å². The Labute approximate surface area is 186 Å². The lowest BCUT2D eigenvalue weighted by atomic mass is 9.89. The maximum absolute atomic E-state index is 12.8. The Kier molecular flexibility index (Phi) is 5.43. The summed E-state index contributed by atoms with van der Waals surface area (Å²) in [6.07, 6.45) is 7.32. The molecular weight excluding hydrogens is 410 g/mol. The lowest BCUT2D eigenvalue weighted by Crippen LogP contribution is -2.37. The first kappa shape index (κ1) is 19.8. The second kappa shape index (κ2) is 8.52. The van der Waals surface area contributed by atoms with Gasteiger partial charge in [0.15, 0.2) is 0 Å². The van der Waals surface area contributed by atoms with Crippen molar-refractivity contribution in [2.24, 2.45) is 0 Å². The number of amides is 1. The fourth-order valence-corrected chi connectivity index (χ4v) is 4.47. The van der Waals surface area contributed by atoms with Crippen LogP contribution < -0.4 is 4.74 Å². The molecule has 0 radical (unpaired) electrons. The van der Waals surface area contributed by atoms with Crippen molar-refractivity contribution in [3.05, 3.63) is 94.0 Å². The number of fused-ring (bicyclic) bond motifs is 2. The number of ether oxygens (including phenoxy) is 1. The Bertz CT molecular complexity index is 1150. The van der Waals surface area contributed by atoms with Crippen molar-refractivity contribution >= 4 is 23.1 Å². The molecule has 1 amide bonds. The van der Waals surface area contributed by atoms with E-state index in [0.717, 1.165) is 46.5 Å². The van der Waals surface area contributed by atoms with Gasteiger partial charge in [-0.2, -0.15) is 0 Å². The molecule has 0 atom stereocenters. The molecule has 1 aromatic carbocycles. The zero-order valence-corrected chi connectivity index (χ0v) is 17.8. The number of hydrogen-bond donors (Lipinski definition) is 0. The quantitative estimate of drug-likeness (QED) is 0.590. The van der Waals surface area contributed by atoms with Gasteiger partial charge < -0.3 is 9.64 Å². The summed E-state index contributed by atoms with van der Waals surface area (Å²) in [5.74, 6) is 0.926.